The van der Waals surface area contributed by atoms with Gasteiger partial charge in [0.15, 0.2) is 0 Å². The minimum Gasteiger partial charge on any atom is -0.369 e. The molecule has 64 valence electrons. The van der Waals surface area contributed by atoms with Gasteiger partial charge in [0, 0.05) is 14.0 Å². The summed E-state index contributed by atoms with van der Waals surface area (Å²) in [6.45, 7) is 2.88. The number of nitrogens with one attached hydrogen (secondary N) is 2. The summed E-state index contributed by atoms with van der Waals surface area (Å²) in [5.41, 5.74) is 2.22. The lowest BCUT2D eigenvalue weighted by Gasteiger charge is -2.09. The molecule has 5 nitrogen and oxygen atoms in total. The first-order valence-electron chi connectivity index (χ1n) is 3.22. The lowest BCUT2D eigenvalue weighted by atomic mass is 10.3. The summed E-state index contributed by atoms with van der Waals surface area (Å²) < 4.78 is 0. The molecule has 0 rings (SSSR count). The third-order valence-corrected chi connectivity index (χ3v) is 0.976. The highest BCUT2D eigenvalue weighted by molar-refractivity contribution is 5.82. The van der Waals surface area contributed by atoms with E-state index in [2.05, 4.69) is 15.6 Å². The van der Waals surface area contributed by atoms with Gasteiger partial charge in [-0.2, -0.15) is 5.48 Å². The molecule has 0 radical (unpaired) electrons. The van der Waals surface area contributed by atoms with Crippen LogP contribution in [-0.2, 0) is 14.4 Å². The number of hydroxylamine groups is 1. The Labute approximate surface area is 65.1 Å². The molecule has 0 spiro atoms. The van der Waals surface area contributed by atoms with Crippen molar-refractivity contribution < 1.29 is 14.4 Å². The number of hydrogen-bond donors (Lipinski definition) is 2. The van der Waals surface area contributed by atoms with Crippen LogP contribution in [0.5, 0.6) is 0 Å². The highest BCUT2D eigenvalue weighted by atomic mass is 16.7. The molecule has 0 heterocycles. The van der Waals surface area contributed by atoms with Crippen molar-refractivity contribution >= 4 is 11.9 Å². The Balaban J connectivity index is 3.73. The zero-order valence-electron chi connectivity index (χ0n) is 6.80. The smallest absolute Gasteiger partial charge is 0.346 e. The lowest BCUT2D eigenvalue weighted by Crippen LogP contribution is -2.39. The van der Waals surface area contributed by atoms with E-state index in [0.29, 0.717) is 0 Å². The van der Waals surface area contributed by atoms with Gasteiger partial charge < -0.3 is 10.2 Å². The van der Waals surface area contributed by atoms with Crippen LogP contribution < -0.4 is 10.8 Å². The fourth-order valence-electron chi connectivity index (χ4n) is 0.553. The van der Waals surface area contributed by atoms with E-state index in [1.807, 2.05) is 0 Å². The van der Waals surface area contributed by atoms with Crippen LogP contribution in [0.2, 0.25) is 0 Å². The van der Waals surface area contributed by atoms with E-state index in [9.17, 15) is 9.59 Å². The van der Waals surface area contributed by atoms with E-state index in [-0.39, 0.29) is 5.91 Å². The summed E-state index contributed by atoms with van der Waals surface area (Å²) in [4.78, 5) is 25.6. The highest BCUT2D eigenvalue weighted by Crippen LogP contribution is 1.84. The van der Waals surface area contributed by atoms with Gasteiger partial charge in [0.05, 0.1) is 0 Å². The molecule has 0 saturated carbocycles. The van der Waals surface area contributed by atoms with Gasteiger partial charge in [0.25, 0.3) is 0 Å². The molecule has 11 heavy (non-hydrogen) atoms. The molecule has 2 N–H and O–H groups in total. The molecule has 0 aliphatic rings. The first-order chi connectivity index (χ1) is 5.07. The minimum absolute atomic E-state index is 0.259. The Kier molecular flexibility index (Phi) is 4.21. The maximum atomic E-state index is 10.8. The molecule has 0 unspecified atom stereocenters. The predicted molar refractivity (Wildman–Crippen MR) is 38.4 cm³/mol. The molecule has 0 aromatic heterocycles. The summed E-state index contributed by atoms with van der Waals surface area (Å²) in [6, 6.07) is -0.611. The maximum absolute atomic E-state index is 10.8. The van der Waals surface area contributed by atoms with Crippen LogP contribution in [0.3, 0.4) is 0 Å². The summed E-state index contributed by atoms with van der Waals surface area (Å²) >= 11 is 0. The third kappa shape index (κ3) is 4.32. The second-order valence-corrected chi connectivity index (χ2v) is 2.05. The van der Waals surface area contributed by atoms with Crippen LogP contribution in [0.4, 0.5) is 0 Å². The number of carbonyl (C=O) groups excluding carboxylic acids is 2. The van der Waals surface area contributed by atoms with Crippen molar-refractivity contribution in [3.8, 4) is 0 Å². The van der Waals surface area contributed by atoms with Crippen molar-refractivity contribution in [2.45, 2.75) is 19.9 Å². The van der Waals surface area contributed by atoms with E-state index in [4.69, 9.17) is 0 Å². The molecule has 0 aliphatic heterocycles. The minimum atomic E-state index is -0.611. The molecule has 0 fully saturated rings. The van der Waals surface area contributed by atoms with Crippen LogP contribution in [0.15, 0.2) is 0 Å². The van der Waals surface area contributed by atoms with Crippen LogP contribution in [-0.4, -0.2) is 25.0 Å². The number of hydrogen-bond acceptors (Lipinski definition) is 4. The number of rotatable bonds is 3. The SMILES string of the molecule is CNOC(=O)[C@H](C)NC(C)=O. The van der Waals surface area contributed by atoms with Crippen LogP contribution >= 0.6 is 0 Å². The van der Waals surface area contributed by atoms with Crippen molar-refractivity contribution in [3.63, 3.8) is 0 Å². The topological polar surface area (TPSA) is 67.4 Å². The first kappa shape index (κ1) is 9.90. The van der Waals surface area contributed by atoms with Crippen molar-refractivity contribution in [2.75, 3.05) is 7.05 Å². The van der Waals surface area contributed by atoms with Crippen molar-refractivity contribution in [1.29, 1.82) is 0 Å². The quantitative estimate of drug-likeness (QED) is 0.530. The first-order valence-corrected chi connectivity index (χ1v) is 3.22. The fourth-order valence-corrected chi connectivity index (χ4v) is 0.553. The summed E-state index contributed by atoms with van der Waals surface area (Å²) in [6.07, 6.45) is 0. The van der Waals surface area contributed by atoms with E-state index < -0.39 is 12.0 Å². The van der Waals surface area contributed by atoms with E-state index >= 15 is 0 Å². The van der Waals surface area contributed by atoms with Gasteiger partial charge in [0.1, 0.15) is 6.04 Å². The van der Waals surface area contributed by atoms with Gasteiger partial charge in [-0.3, -0.25) is 4.79 Å². The third-order valence-electron chi connectivity index (χ3n) is 0.976. The molecule has 0 aromatic carbocycles. The van der Waals surface area contributed by atoms with Gasteiger partial charge in [-0.1, -0.05) is 0 Å². The van der Waals surface area contributed by atoms with Gasteiger partial charge >= 0.3 is 5.97 Å². The summed E-state index contributed by atoms with van der Waals surface area (Å²) in [5.74, 6) is -0.770. The molecule has 0 aromatic rings. The van der Waals surface area contributed by atoms with Gasteiger partial charge in [-0.25, -0.2) is 4.79 Å². The largest absolute Gasteiger partial charge is 0.369 e. The second kappa shape index (κ2) is 4.68. The lowest BCUT2D eigenvalue weighted by molar-refractivity contribution is -0.153. The van der Waals surface area contributed by atoms with E-state index in [1.54, 1.807) is 6.92 Å². The van der Waals surface area contributed by atoms with E-state index in [0.717, 1.165) is 0 Å². The summed E-state index contributed by atoms with van der Waals surface area (Å²) in [5, 5.41) is 2.37. The average Bonchev–Trinajstić information content (AvgIpc) is 1.86. The highest BCUT2D eigenvalue weighted by Gasteiger charge is 2.14. The molecule has 0 saturated heterocycles. The number of carbonyl (C=O) groups is 2. The van der Waals surface area contributed by atoms with Gasteiger partial charge in [-0.05, 0) is 6.92 Å². The average molecular weight is 160 g/mol. The maximum Gasteiger partial charge on any atom is 0.346 e. The van der Waals surface area contributed by atoms with Crippen LogP contribution in [0, 0.1) is 0 Å². The number of amides is 1. The molecule has 1 amide bonds. The second-order valence-electron chi connectivity index (χ2n) is 2.05. The van der Waals surface area contributed by atoms with Crippen molar-refractivity contribution in [1.82, 2.24) is 10.8 Å². The zero-order valence-corrected chi connectivity index (χ0v) is 6.80. The Morgan fingerprint density at radius 2 is 2.00 bits per heavy atom. The Hall–Kier alpha value is -1.10. The molecule has 0 bridgehead atoms. The summed E-state index contributed by atoms with van der Waals surface area (Å²) in [7, 11) is 1.47. The Bertz CT molecular complexity index is 158. The van der Waals surface area contributed by atoms with Crippen molar-refractivity contribution in [3.05, 3.63) is 0 Å². The monoisotopic (exact) mass is 160 g/mol. The standard InChI is InChI=1S/C6H12N2O3/c1-4(8-5(2)9)6(10)11-7-3/h4,7H,1-3H3,(H,8,9)/t4-/m0/s1. The Morgan fingerprint density at radius 3 is 2.36 bits per heavy atom. The Morgan fingerprint density at radius 1 is 1.45 bits per heavy atom. The van der Waals surface area contributed by atoms with Crippen LogP contribution in [0.25, 0.3) is 0 Å². The molecular weight excluding hydrogens is 148 g/mol. The van der Waals surface area contributed by atoms with Gasteiger partial charge in [0.2, 0.25) is 5.91 Å². The van der Waals surface area contributed by atoms with E-state index in [1.165, 1.54) is 14.0 Å². The van der Waals surface area contributed by atoms with Crippen molar-refractivity contribution in [2.24, 2.45) is 0 Å². The molecular formula is C6H12N2O3. The zero-order chi connectivity index (χ0) is 8.85. The molecule has 1 atom stereocenters. The molecule has 0 aliphatic carbocycles. The normalized spacial score (nSPS) is 11.9. The van der Waals surface area contributed by atoms with Crippen LogP contribution in [0.1, 0.15) is 13.8 Å². The predicted octanol–water partition coefficient (Wildman–Crippen LogP) is -0.811. The fraction of sp³-hybridized carbons (Fsp3) is 0.667. The molecule has 5 heteroatoms. The van der Waals surface area contributed by atoms with Gasteiger partial charge in [-0.15, -0.1) is 0 Å².